The number of nitrogens with one attached hydrogen (secondary N) is 2. The molecule has 0 amide bonds. The number of pyridine rings is 1. The summed E-state index contributed by atoms with van der Waals surface area (Å²) in [6, 6.07) is 10.9. The highest BCUT2D eigenvalue weighted by atomic mass is 19.1. The van der Waals surface area contributed by atoms with Crippen molar-refractivity contribution < 1.29 is 9.13 Å². The topological polar surface area (TPSA) is 58.5 Å². The number of ether oxygens (including phenoxy) is 1. The van der Waals surface area contributed by atoms with Crippen LogP contribution >= 0.6 is 0 Å². The van der Waals surface area contributed by atoms with Gasteiger partial charge in [0.1, 0.15) is 5.82 Å². The van der Waals surface area contributed by atoms with Gasteiger partial charge in [0.25, 0.3) is 0 Å². The lowest BCUT2D eigenvalue weighted by Crippen LogP contribution is -2.41. The van der Waals surface area contributed by atoms with Gasteiger partial charge in [0, 0.05) is 37.8 Å². The van der Waals surface area contributed by atoms with Gasteiger partial charge in [-0.15, -0.1) is 0 Å². The lowest BCUT2D eigenvalue weighted by atomic mass is 9.95. The largest absolute Gasteiger partial charge is 0.475 e. The average molecular weight is 370 g/mol. The van der Waals surface area contributed by atoms with Crippen LogP contribution in [0.25, 0.3) is 0 Å². The van der Waals surface area contributed by atoms with Gasteiger partial charge in [0.05, 0.1) is 6.10 Å². The van der Waals surface area contributed by atoms with E-state index in [9.17, 15) is 4.39 Å². The second kappa shape index (κ2) is 8.37. The molecule has 6 heteroatoms. The van der Waals surface area contributed by atoms with E-state index in [1.165, 1.54) is 6.07 Å². The average Bonchev–Trinajstić information content (AvgIpc) is 3.44. The van der Waals surface area contributed by atoms with E-state index in [2.05, 4.69) is 20.6 Å². The Kier molecular flexibility index (Phi) is 5.94. The van der Waals surface area contributed by atoms with Crippen LogP contribution in [-0.2, 0) is 12.0 Å². The van der Waals surface area contributed by atoms with Gasteiger partial charge >= 0.3 is 0 Å². The molecule has 1 aliphatic rings. The Morgan fingerprint density at radius 1 is 1.22 bits per heavy atom. The number of rotatable bonds is 7. The van der Waals surface area contributed by atoms with Crippen molar-refractivity contribution in [1.29, 1.82) is 0 Å². The molecule has 1 heterocycles. The van der Waals surface area contributed by atoms with Crippen LogP contribution in [-0.4, -0.2) is 30.6 Å². The van der Waals surface area contributed by atoms with Crippen LogP contribution < -0.4 is 15.4 Å². The van der Waals surface area contributed by atoms with E-state index < -0.39 is 0 Å². The standard InChI is InChI=1S/C21H27FN4O/c1-15(2)27-19-9-8-16(12-24-19)13-25-20(23-3)26-14-21(10-11-21)17-6-4-5-7-18(17)22/h4-9,12,15H,10-11,13-14H2,1-3H3,(H2,23,25,26). The van der Waals surface area contributed by atoms with Crippen LogP contribution in [0.1, 0.15) is 37.8 Å². The molecule has 0 atom stereocenters. The van der Waals surface area contributed by atoms with E-state index in [1.807, 2.05) is 38.1 Å². The molecule has 1 fully saturated rings. The molecule has 0 saturated heterocycles. The zero-order valence-electron chi connectivity index (χ0n) is 16.1. The molecule has 0 spiro atoms. The van der Waals surface area contributed by atoms with Gasteiger partial charge in [-0.05, 0) is 43.9 Å². The first-order valence-corrected chi connectivity index (χ1v) is 9.33. The summed E-state index contributed by atoms with van der Waals surface area (Å²) in [5.41, 5.74) is 1.70. The molecular weight excluding hydrogens is 343 g/mol. The number of halogens is 1. The van der Waals surface area contributed by atoms with Crippen LogP contribution in [0, 0.1) is 5.82 Å². The minimum atomic E-state index is -0.130. The van der Waals surface area contributed by atoms with Crippen LogP contribution in [0.4, 0.5) is 4.39 Å². The molecule has 0 unspecified atom stereocenters. The maximum atomic E-state index is 14.1. The summed E-state index contributed by atoms with van der Waals surface area (Å²) in [4.78, 5) is 8.57. The van der Waals surface area contributed by atoms with E-state index in [0.717, 1.165) is 24.0 Å². The van der Waals surface area contributed by atoms with Crippen molar-refractivity contribution in [3.63, 3.8) is 0 Å². The summed E-state index contributed by atoms with van der Waals surface area (Å²) in [6.45, 7) is 5.20. The maximum absolute atomic E-state index is 14.1. The van der Waals surface area contributed by atoms with Crippen LogP contribution in [0.2, 0.25) is 0 Å². The molecule has 5 nitrogen and oxygen atoms in total. The van der Waals surface area contributed by atoms with Gasteiger partial charge in [-0.25, -0.2) is 9.37 Å². The maximum Gasteiger partial charge on any atom is 0.213 e. The number of hydrogen-bond donors (Lipinski definition) is 2. The summed E-state index contributed by atoms with van der Waals surface area (Å²) in [5.74, 6) is 1.19. The summed E-state index contributed by atoms with van der Waals surface area (Å²) >= 11 is 0. The van der Waals surface area contributed by atoms with Crippen LogP contribution in [0.5, 0.6) is 5.88 Å². The smallest absolute Gasteiger partial charge is 0.213 e. The number of hydrogen-bond acceptors (Lipinski definition) is 3. The summed E-state index contributed by atoms with van der Waals surface area (Å²) < 4.78 is 19.7. The molecule has 2 aromatic rings. The number of aliphatic imine (C=N–C) groups is 1. The Morgan fingerprint density at radius 3 is 2.59 bits per heavy atom. The summed E-state index contributed by atoms with van der Waals surface area (Å²) in [6.07, 6.45) is 3.87. The van der Waals surface area contributed by atoms with E-state index in [4.69, 9.17) is 4.74 Å². The van der Waals surface area contributed by atoms with Crippen molar-refractivity contribution in [3.8, 4) is 5.88 Å². The zero-order valence-corrected chi connectivity index (χ0v) is 16.1. The first-order valence-electron chi connectivity index (χ1n) is 9.33. The van der Waals surface area contributed by atoms with Crippen molar-refractivity contribution >= 4 is 5.96 Å². The number of nitrogens with zero attached hydrogens (tertiary/aromatic N) is 2. The van der Waals surface area contributed by atoms with Crippen LogP contribution in [0.15, 0.2) is 47.6 Å². The van der Waals surface area contributed by atoms with Gasteiger partial charge in [-0.1, -0.05) is 24.3 Å². The number of guanidine groups is 1. The van der Waals surface area contributed by atoms with Gasteiger partial charge in [0.2, 0.25) is 5.88 Å². The molecule has 2 N–H and O–H groups in total. The first-order chi connectivity index (χ1) is 13.0. The highest BCUT2D eigenvalue weighted by molar-refractivity contribution is 5.79. The van der Waals surface area contributed by atoms with Crippen molar-refractivity contribution in [2.75, 3.05) is 13.6 Å². The fraction of sp³-hybridized carbons (Fsp3) is 0.429. The third-order valence-corrected chi connectivity index (χ3v) is 4.73. The van der Waals surface area contributed by atoms with E-state index in [-0.39, 0.29) is 17.3 Å². The molecule has 27 heavy (non-hydrogen) atoms. The van der Waals surface area contributed by atoms with Crippen molar-refractivity contribution in [1.82, 2.24) is 15.6 Å². The highest BCUT2D eigenvalue weighted by Crippen LogP contribution is 2.48. The van der Waals surface area contributed by atoms with Crippen molar-refractivity contribution in [3.05, 3.63) is 59.5 Å². The Hall–Kier alpha value is -2.63. The van der Waals surface area contributed by atoms with Gasteiger partial charge < -0.3 is 15.4 Å². The second-order valence-corrected chi connectivity index (χ2v) is 7.21. The van der Waals surface area contributed by atoms with Crippen molar-refractivity contribution in [2.45, 2.75) is 44.8 Å². The second-order valence-electron chi connectivity index (χ2n) is 7.21. The first kappa shape index (κ1) is 19.1. The fourth-order valence-corrected chi connectivity index (χ4v) is 3.07. The lowest BCUT2D eigenvalue weighted by Gasteiger charge is -2.19. The predicted octanol–water partition coefficient (Wildman–Crippen LogP) is 3.40. The van der Waals surface area contributed by atoms with E-state index in [1.54, 1.807) is 19.3 Å². The Morgan fingerprint density at radius 2 is 2.00 bits per heavy atom. The normalized spacial score (nSPS) is 15.5. The van der Waals surface area contributed by atoms with E-state index >= 15 is 0 Å². The Labute approximate surface area is 160 Å². The fourth-order valence-electron chi connectivity index (χ4n) is 3.07. The minimum absolute atomic E-state index is 0.105. The zero-order chi connectivity index (χ0) is 19.3. The SMILES string of the molecule is CN=C(NCc1ccc(OC(C)C)nc1)NCC1(c2ccccc2F)CC1. The molecule has 1 aromatic heterocycles. The summed E-state index contributed by atoms with van der Waals surface area (Å²) in [5, 5.41) is 6.61. The Balaban J connectivity index is 1.52. The predicted molar refractivity (Wildman–Crippen MR) is 106 cm³/mol. The van der Waals surface area contributed by atoms with Gasteiger partial charge in [0.15, 0.2) is 5.96 Å². The molecular formula is C21H27FN4O. The monoisotopic (exact) mass is 370 g/mol. The molecule has 3 rings (SSSR count). The van der Waals surface area contributed by atoms with Crippen LogP contribution in [0.3, 0.4) is 0 Å². The molecule has 1 aliphatic carbocycles. The Bertz CT molecular complexity index is 785. The highest BCUT2D eigenvalue weighted by Gasteiger charge is 2.45. The molecule has 1 saturated carbocycles. The molecule has 0 aliphatic heterocycles. The third kappa shape index (κ3) is 4.96. The van der Waals surface area contributed by atoms with Gasteiger partial charge in [-0.2, -0.15) is 0 Å². The quantitative estimate of drug-likeness (QED) is 0.579. The lowest BCUT2D eigenvalue weighted by molar-refractivity contribution is 0.232. The van der Waals surface area contributed by atoms with Crippen molar-refractivity contribution in [2.24, 2.45) is 4.99 Å². The molecule has 144 valence electrons. The molecule has 0 radical (unpaired) electrons. The minimum Gasteiger partial charge on any atom is -0.475 e. The van der Waals surface area contributed by atoms with Gasteiger partial charge in [-0.3, -0.25) is 4.99 Å². The molecule has 0 bridgehead atoms. The number of aromatic nitrogens is 1. The summed E-state index contributed by atoms with van der Waals surface area (Å²) in [7, 11) is 1.73. The third-order valence-electron chi connectivity index (χ3n) is 4.73. The number of benzene rings is 1. The van der Waals surface area contributed by atoms with E-state index in [0.29, 0.717) is 24.9 Å². The molecule has 1 aromatic carbocycles.